The van der Waals surface area contributed by atoms with E-state index in [1.807, 2.05) is 45.0 Å². The van der Waals surface area contributed by atoms with E-state index >= 15 is 0 Å². The van der Waals surface area contributed by atoms with Crippen LogP contribution in [0.1, 0.15) is 31.9 Å². The molecule has 0 aliphatic rings. The minimum absolute atomic E-state index is 0.0109. The number of rotatable bonds is 10. The number of sulfonamides is 1. The standard InChI is InChI=1S/C28H32FN3O4S/c1-20(2)30-28(34)22(4)31(18-23-11-9-8-10-21(23)3)27(33)19-32(25-16-14-24(29)15-17-25)37(35,36)26-12-6-5-7-13-26/h5-17,20,22H,18-19H2,1-4H3,(H,30,34). The van der Waals surface area contributed by atoms with Crippen molar-refractivity contribution in [2.75, 3.05) is 10.8 Å². The lowest BCUT2D eigenvalue weighted by Crippen LogP contribution is -2.52. The van der Waals surface area contributed by atoms with Gasteiger partial charge < -0.3 is 10.2 Å². The van der Waals surface area contributed by atoms with Crippen molar-refractivity contribution in [3.8, 4) is 0 Å². The first-order valence-corrected chi connectivity index (χ1v) is 13.4. The molecule has 0 radical (unpaired) electrons. The largest absolute Gasteiger partial charge is 0.352 e. The van der Waals surface area contributed by atoms with Crippen LogP contribution in [0.25, 0.3) is 0 Å². The number of nitrogens with zero attached hydrogens (tertiary/aromatic N) is 2. The van der Waals surface area contributed by atoms with Crippen LogP contribution < -0.4 is 9.62 Å². The first kappa shape index (κ1) is 27.9. The molecule has 0 saturated heterocycles. The van der Waals surface area contributed by atoms with Gasteiger partial charge in [-0.25, -0.2) is 12.8 Å². The maximum absolute atomic E-state index is 13.8. The quantitative estimate of drug-likeness (QED) is 0.428. The molecule has 1 atom stereocenters. The molecule has 0 fully saturated rings. The molecule has 3 aromatic carbocycles. The molecule has 0 heterocycles. The summed E-state index contributed by atoms with van der Waals surface area (Å²) in [5.74, 6) is -1.46. The third-order valence-electron chi connectivity index (χ3n) is 5.92. The summed E-state index contributed by atoms with van der Waals surface area (Å²) in [5, 5.41) is 2.82. The third kappa shape index (κ3) is 6.95. The van der Waals surface area contributed by atoms with Gasteiger partial charge in [0.1, 0.15) is 18.4 Å². The summed E-state index contributed by atoms with van der Waals surface area (Å²) in [5.41, 5.74) is 1.90. The Morgan fingerprint density at radius 1 is 0.892 bits per heavy atom. The van der Waals surface area contributed by atoms with Crippen molar-refractivity contribution in [1.29, 1.82) is 0 Å². The topological polar surface area (TPSA) is 86.8 Å². The molecular weight excluding hydrogens is 493 g/mol. The molecule has 1 unspecified atom stereocenters. The maximum Gasteiger partial charge on any atom is 0.264 e. The summed E-state index contributed by atoms with van der Waals surface area (Å²) in [6, 6.07) is 19.1. The smallest absolute Gasteiger partial charge is 0.264 e. The molecule has 0 spiro atoms. The van der Waals surface area contributed by atoms with Gasteiger partial charge >= 0.3 is 0 Å². The summed E-state index contributed by atoms with van der Waals surface area (Å²) in [6.07, 6.45) is 0. The molecule has 0 aliphatic carbocycles. The zero-order valence-corrected chi connectivity index (χ0v) is 22.2. The summed E-state index contributed by atoms with van der Waals surface area (Å²) in [7, 11) is -4.18. The molecular formula is C28H32FN3O4S. The predicted octanol–water partition coefficient (Wildman–Crippen LogP) is 4.27. The van der Waals surface area contributed by atoms with Crippen molar-refractivity contribution in [2.45, 2.75) is 51.2 Å². The molecule has 0 saturated carbocycles. The van der Waals surface area contributed by atoms with Crippen molar-refractivity contribution in [1.82, 2.24) is 10.2 Å². The van der Waals surface area contributed by atoms with Crippen LogP contribution in [0.3, 0.4) is 0 Å². The van der Waals surface area contributed by atoms with Gasteiger partial charge in [0, 0.05) is 12.6 Å². The molecule has 196 valence electrons. The maximum atomic E-state index is 13.8. The molecule has 0 bridgehead atoms. The fourth-order valence-electron chi connectivity index (χ4n) is 3.81. The van der Waals surface area contributed by atoms with Crippen LogP contribution in [-0.4, -0.2) is 43.8 Å². The Morgan fingerprint density at radius 3 is 2.08 bits per heavy atom. The van der Waals surface area contributed by atoms with Gasteiger partial charge in [-0.2, -0.15) is 0 Å². The van der Waals surface area contributed by atoms with Gasteiger partial charge in [0.15, 0.2) is 0 Å². The second-order valence-electron chi connectivity index (χ2n) is 9.09. The summed E-state index contributed by atoms with van der Waals surface area (Å²) < 4.78 is 41.8. The number of hydrogen-bond donors (Lipinski definition) is 1. The fourth-order valence-corrected chi connectivity index (χ4v) is 5.25. The van der Waals surface area contributed by atoms with Crippen molar-refractivity contribution in [3.05, 3.63) is 95.8 Å². The summed E-state index contributed by atoms with van der Waals surface area (Å²) in [4.78, 5) is 28.1. The van der Waals surface area contributed by atoms with E-state index in [0.717, 1.165) is 27.6 Å². The van der Waals surface area contributed by atoms with E-state index in [0.29, 0.717) is 0 Å². The van der Waals surface area contributed by atoms with E-state index in [-0.39, 0.29) is 29.1 Å². The number of benzene rings is 3. The molecule has 2 amide bonds. The number of amides is 2. The number of carbonyl (C=O) groups is 2. The number of carbonyl (C=O) groups excluding carboxylic acids is 2. The molecule has 3 aromatic rings. The average molecular weight is 526 g/mol. The monoisotopic (exact) mass is 525 g/mol. The highest BCUT2D eigenvalue weighted by Crippen LogP contribution is 2.25. The normalized spacial score (nSPS) is 12.2. The van der Waals surface area contributed by atoms with Crippen LogP contribution in [0, 0.1) is 12.7 Å². The number of halogens is 1. The third-order valence-corrected chi connectivity index (χ3v) is 7.71. The molecule has 3 rings (SSSR count). The zero-order valence-electron chi connectivity index (χ0n) is 21.4. The van der Waals surface area contributed by atoms with E-state index in [4.69, 9.17) is 0 Å². The van der Waals surface area contributed by atoms with Crippen molar-refractivity contribution in [2.24, 2.45) is 0 Å². The molecule has 9 heteroatoms. The highest BCUT2D eigenvalue weighted by atomic mass is 32.2. The molecule has 0 aromatic heterocycles. The molecule has 0 aliphatic heterocycles. The number of hydrogen-bond acceptors (Lipinski definition) is 4. The Morgan fingerprint density at radius 2 is 1.49 bits per heavy atom. The molecule has 1 N–H and O–H groups in total. The lowest BCUT2D eigenvalue weighted by atomic mass is 10.1. The van der Waals surface area contributed by atoms with Crippen LogP contribution in [-0.2, 0) is 26.2 Å². The van der Waals surface area contributed by atoms with E-state index < -0.39 is 34.3 Å². The van der Waals surface area contributed by atoms with Gasteiger partial charge in [0.05, 0.1) is 10.6 Å². The Bertz CT molecular complexity index is 1330. The first-order chi connectivity index (χ1) is 17.5. The van der Waals surface area contributed by atoms with Crippen LogP contribution in [0.2, 0.25) is 0 Å². The van der Waals surface area contributed by atoms with Crippen LogP contribution in [0.5, 0.6) is 0 Å². The summed E-state index contributed by atoms with van der Waals surface area (Å²) in [6.45, 7) is 6.69. The Hall–Kier alpha value is -3.72. The lowest BCUT2D eigenvalue weighted by molar-refractivity contribution is -0.139. The van der Waals surface area contributed by atoms with Crippen LogP contribution in [0.15, 0.2) is 83.8 Å². The zero-order chi connectivity index (χ0) is 27.2. The minimum Gasteiger partial charge on any atom is -0.352 e. The Balaban J connectivity index is 2.02. The second-order valence-corrected chi connectivity index (χ2v) is 11.0. The van der Waals surface area contributed by atoms with Crippen molar-refractivity contribution in [3.63, 3.8) is 0 Å². The Kier molecular flexibility index (Phi) is 9.04. The van der Waals surface area contributed by atoms with Crippen LogP contribution in [0.4, 0.5) is 10.1 Å². The highest BCUT2D eigenvalue weighted by Gasteiger charge is 2.32. The lowest BCUT2D eigenvalue weighted by Gasteiger charge is -2.32. The van der Waals surface area contributed by atoms with E-state index in [1.54, 1.807) is 25.1 Å². The minimum atomic E-state index is -4.18. The molecule has 7 nitrogen and oxygen atoms in total. The highest BCUT2D eigenvalue weighted by molar-refractivity contribution is 7.92. The Labute approximate surface area is 218 Å². The van der Waals surface area contributed by atoms with Gasteiger partial charge in [-0.3, -0.25) is 13.9 Å². The van der Waals surface area contributed by atoms with Gasteiger partial charge in [-0.15, -0.1) is 0 Å². The second kappa shape index (κ2) is 12.0. The van der Waals surface area contributed by atoms with Gasteiger partial charge in [0.25, 0.3) is 10.0 Å². The van der Waals surface area contributed by atoms with Gasteiger partial charge in [0.2, 0.25) is 11.8 Å². The van der Waals surface area contributed by atoms with E-state index in [1.165, 1.54) is 29.2 Å². The van der Waals surface area contributed by atoms with Gasteiger partial charge in [-0.05, 0) is 75.2 Å². The number of anilines is 1. The number of nitrogens with one attached hydrogen (secondary N) is 1. The first-order valence-electron chi connectivity index (χ1n) is 12.0. The van der Waals surface area contributed by atoms with E-state index in [2.05, 4.69) is 5.32 Å². The van der Waals surface area contributed by atoms with Crippen molar-refractivity contribution >= 4 is 27.5 Å². The average Bonchev–Trinajstić information content (AvgIpc) is 2.87. The number of aryl methyl sites for hydroxylation is 1. The van der Waals surface area contributed by atoms with Crippen LogP contribution >= 0.6 is 0 Å². The molecule has 37 heavy (non-hydrogen) atoms. The van der Waals surface area contributed by atoms with Crippen molar-refractivity contribution < 1.29 is 22.4 Å². The fraction of sp³-hybridized carbons (Fsp3) is 0.286. The van der Waals surface area contributed by atoms with E-state index in [9.17, 15) is 22.4 Å². The summed E-state index contributed by atoms with van der Waals surface area (Å²) >= 11 is 0. The SMILES string of the molecule is Cc1ccccc1CN(C(=O)CN(c1ccc(F)cc1)S(=O)(=O)c1ccccc1)C(C)C(=O)NC(C)C. The van der Waals surface area contributed by atoms with Gasteiger partial charge in [-0.1, -0.05) is 42.5 Å². The predicted molar refractivity (Wildman–Crippen MR) is 142 cm³/mol.